The van der Waals surface area contributed by atoms with Gasteiger partial charge in [-0.1, -0.05) is 41.6 Å². The number of anilines is 2. The third kappa shape index (κ3) is 3.50. The minimum absolute atomic E-state index is 0.137. The molecule has 0 fully saturated rings. The number of amides is 2. The van der Waals surface area contributed by atoms with E-state index >= 15 is 0 Å². The summed E-state index contributed by atoms with van der Waals surface area (Å²) < 4.78 is 1.99. The molecular formula is C23H24N4O2S. The van der Waals surface area contributed by atoms with E-state index in [9.17, 15) is 9.59 Å². The van der Waals surface area contributed by atoms with E-state index in [0.717, 1.165) is 16.4 Å². The van der Waals surface area contributed by atoms with Crippen LogP contribution in [0.3, 0.4) is 0 Å². The van der Waals surface area contributed by atoms with Gasteiger partial charge in [0.1, 0.15) is 5.54 Å². The smallest absolute Gasteiger partial charge is 0.250 e. The van der Waals surface area contributed by atoms with E-state index in [2.05, 4.69) is 42.3 Å². The molecule has 0 saturated heterocycles. The zero-order valence-corrected chi connectivity index (χ0v) is 18.3. The molecule has 154 valence electrons. The van der Waals surface area contributed by atoms with Crippen molar-refractivity contribution in [3.63, 3.8) is 0 Å². The van der Waals surface area contributed by atoms with Gasteiger partial charge in [0.15, 0.2) is 5.16 Å². The van der Waals surface area contributed by atoms with Crippen LogP contribution in [0.15, 0.2) is 60.0 Å². The van der Waals surface area contributed by atoms with Gasteiger partial charge in [0.05, 0.1) is 22.8 Å². The highest BCUT2D eigenvalue weighted by Gasteiger charge is 2.43. The molecule has 3 aromatic rings. The van der Waals surface area contributed by atoms with Crippen LogP contribution in [0.1, 0.15) is 25.0 Å². The minimum Gasteiger partial charge on any atom is -0.322 e. The van der Waals surface area contributed by atoms with Crippen LogP contribution in [-0.2, 0) is 9.59 Å². The first-order valence-corrected chi connectivity index (χ1v) is 10.7. The van der Waals surface area contributed by atoms with Crippen molar-refractivity contribution in [2.24, 2.45) is 0 Å². The van der Waals surface area contributed by atoms with E-state index in [0.29, 0.717) is 11.4 Å². The molecule has 1 aliphatic heterocycles. The standard InChI is InChI=1S/C23H24N4O2S/c1-15-9-10-18(16(2)13-15)26-12-11-24-22(26)30-14-20(28)27-19-8-6-5-7-17(19)25-21(29)23(27,3)4/h5-13H,14H2,1-4H3,(H,25,29). The summed E-state index contributed by atoms with van der Waals surface area (Å²) in [4.78, 5) is 31.9. The number of imidazole rings is 1. The van der Waals surface area contributed by atoms with Crippen molar-refractivity contribution >= 4 is 35.0 Å². The van der Waals surface area contributed by atoms with Crippen LogP contribution < -0.4 is 10.2 Å². The van der Waals surface area contributed by atoms with Crippen molar-refractivity contribution in [3.8, 4) is 5.69 Å². The van der Waals surface area contributed by atoms with Crippen molar-refractivity contribution in [1.82, 2.24) is 9.55 Å². The van der Waals surface area contributed by atoms with Gasteiger partial charge in [-0.15, -0.1) is 0 Å². The molecule has 1 aromatic heterocycles. The summed E-state index contributed by atoms with van der Waals surface area (Å²) in [6, 6.07) is 13.6. The Bertz CT molecular complexity index is 1140. The van der Waals surface area contributed by atoms with Crippen LogP contribution in [0.5, 0.6) is 0 Å². The summed E-state index contributed by atoms with van der Waals surface area (Å²) in [5, 5.41) is 3.63. The summed E-state index contributed by atoms with van der Waals surface area (Å²) in [5.74, 6) is -0.161. The summed E-state index contributed by atoms with van der Waals surface area (Å²) >= 11 is 1.37. The van der Waals surface area contributed by atoms with Crippen LogP contribution in [0.4, 0.5) is 11.4 Å². The number of carbonyl (C=O) groups excluding carboxylic acids is 2. The number of aryl methyl sites for hydroxylation is 2. The molecule has 0 spiro atoms. The van der Waals surface area contributed by atoms with Crippen molar-refractivity contribution < 1.29 is 9.59 Å². The number of nitrogens with zero attached hydrogens (tertiary/aromatic N) is 3. The van der Waals surface area contributed by atoms with Gasteiger partial charge < -0.3 is 5.32 Å². The van der Waals surface area contributed by atoms with E-state index in [1.807, 2.05) is 35.0 Å². The topological polar surface area (TPSA) is 67.2 Å². The van der Waals surface area contributed by atoms with Crippen molar-refractivity contribution in [3.05, 3.63) is 66.0 Å². The molecule has 0 radical (unpaired) electrons. The summed E-state index contributed by atoms with van der Waals surface area (Å²) in [7, 11) is 0. The molecule has 1 N–H and O–H groups in total. The van der Waals surface area contributed by atoms with Gasteiger partial charge in [-0.2, -0.15) is 0 Å². The molecule has 0 atom stereocenters. The lowest BCUT2D eigenvalue weighted by molar-refractivity contribution is -0.125. The summed E-state index contributed by atoms with van der Waals surface area (Å²) in [6.45, 7) is 7.65. The summed E-state index contributed by atoms with van der Waals surface area (Å²) in [5.41, 5.74) is 3.77. The number of hydrogen-bond donors (Lipinski definition) is 1. The van der Waals surface area contributed by atoms with Gasteiger partial charge >= 0.3 is 0 Å². The van der Waals surface area contributed by atoms with Crippen molar-refractivity contribution in [1.29, 1.82) is 0 Å². The molecule has 6 nitrogen and oxygen atoms in total. The molecule has 4 rings (SSSR count). The number of para-hydroxylation sites is 2. The Kier molecular flexibility index (Phi) is 5.15. The fourth-order valence-electron chi connectivity index (χ4n) is 3.74. The molecule has 7 heteroatoms. The number of nitrogens with one attached hydrogen (secondary N) is 1. The first-order valence-electron chi connectivity index (χ1n) is 9.76. The lowest BCUT2D eigenvalue weighted by atomic mass is 9.96. The van der Waals surface area contributed by atoms with Gasteiger partial charge in [-0.25, -0.2) is 4.98 Å². The Labute approximate surface area is 180 Å². The molecule has 2 heterocycles. The number of fused-ring (bicyclic) bond motifs is 1. The molecule has 0 unspecified atom stereocenters. The monoisotopic (exact) mass is 420 g/mol. The predicted octanol–water partition coefficient (Wildman–Crippen LogP) is 4.35. The van der Waals surface area contributed by atoms with Crippen molar-refractivity contribution in [2.75, 3.05) is 16.0 Å². The molecule has 2 amide bonds. The number of rotatable bonds is 4. The number of benzene rings is 2. The quantitative estimate of drug-likeness (QED) is 0.638. The van der Waals surface area contributed by atoms with Crippen LogP contribution in [0.2, 0.25) is 0 Å². The number of carbonyl (C=O) groups is 2. The normalized spacial score (nSPS) is 14.9. The molecule has 0 bridgehead atoms. The van der Waals surface area contributed by atoms with E-state index in [1.165, 1.54) is 17.3 Å². The van der Waals surface area contributed by atoms with Crippen LogP contribution in [0, 0.1) is 13.8 Å². The highest BCUT2D eigenvalue weighted by molar-refractivity contribution is 7.99. The molecule has 0 aliphatic carbocycles. The van der Waals surface area contributed by atoms with Crippen LogP contribution >= 0.6 is 11.8 Å². The maximum atomic E-state index is 13.3. The van der Waals surface area contributed by atoms with E-state index < -0.39 is 5.54 Å². The average Bonchev–Trinajstić information content (AvgIpc) is 3.15. The third-order valence-corrected chi connectivity index (χ3v) is 6.25. The first kappa shape index (κ1) is 20.2. The van der Waals surface area contributed by atoms with E-state index in [1.54, 1.807) is 24.9 Å². The second kappa shape index (κ2) is 7.65. The van der Waals surface area contributed by atoms with Gasteiger partial charge in [0.2, 0.25) is 11.8 Å². The molecular weight excluding hydrogens is 396 g/mol. The maximum Gasteiger partial charge on any atom is 0.250 e. The Hall–Kier alpha value is -3.06. The average molecular weight is 421 g/mol. The molecule has 1 aliphatic rings. The first-order chi connectivity index (χ1) is 14.3. The van der Waals surface area contributed by atoms with Gasteiger partial charge in [0.25, 0.3) is 0 Å². The van der Waals surface area contributed by atoms with Gasteiger partial charge in [0, 0.05) is 12.4 Å². The number of aromatic nitrogens is 2. The fourth-order valence-corrected chi connectivity index (χ4v) is 4.56. The largest absolute Gasteiger partial charge is 0.322 e. The predicted molar refractivity (Wildman–Crippen MR) is 120 cm³/mol. The van der Waals surface area contributed by atoms with Crippen LogP contribution in [-0.4, -0.2) is 32.7 Å². The van der Waals surface area contributed by atoms with Gasteiger partial charge in [-0.3, -0.25) is 19.1 Å². The Balaban J connectivity index is 1.59. The SMILES string of the molecule is Cc1ccc(-n2ccnc2SCC(=O)N2c3ccccc3NC(=O)C2(C)C)c(C)c1. The van der Waals surface area contributed by atoms with Crippen LogP contribution in [0.25, 0.3) is 5.69 Å². The number of hydrogen-bond acceptors (Lipinski definition) is 4. The Morgan fingerprint density at radius 1 is 1.13 bits per heavy atom. The second-order valence-electron chi connectivity index (χ2n) is 7.92. The lowest BCUT2D eigenvalue weighted by Gasteiger charge is -2.42. The zero-order valence-electron chi connectivity index (χ0n) is 17.5. The fraction of sp³-hybridized carbons (Fsp3) is 0.261. The molecule has 30 heavy (non-hydrogen) atoms. The van der Waals surface area contributed by atoms with Gasteiger partial charge in [-0.05, 0) is 51.5 Å². The van der Waals surface area contributed by atoms with E-state index in [4.69, 9.17) is 0 Å². The Morgan fingerprint density at radius 2 is 1.90 bits per heavy atom. The van der Waals surface area contributed by atoms with Crippen molar-refractivity contribution in [2.45, 2.75) is 38.4 Å². The number of thioether (sulfide) groups is 1. The highest BCUT2D eigenvalue weighted by Crippen LogP contribution is 2.37. The van der Waals surface area contributed by atoms with E-state index in [-0.39, 0.29) is 17.6 Å². The highest BCUT2D eigenvalue weighted by atomic mass is 32.2. The summed E-state index contributed by atoms with van der Waals surface area (Å²) in [6.07, 6.45) is 3.64. The zero-order chi connectivity index (χ0) is 21.5. The molecule has 2 aromatic carbocycles. The second-order valence-corrected chi connectivity index (χ2v) is 8.86. The maximum absolute atomic E-state index is 13.3. The lowest BCUT2D eigenvalue weighted by Crippen LogP contribution is -2.59. The Morgan fingerprint density at radius 3 is 2.67 bits per heavy atom. The molecule has 0 saturated carbocycles. The minimum atomic E-state index is -0.977. The third-order valence-electron chi connectivity index (χ3n) is 5.30.